The molecule has 0 saturated heterocycles. The normalized spacial score (nSPS) is 13.5. The molecule has 0 aliphatic carbocycles. The summed E-state index contributed by atoms with van der Waals surface area (Å²) in [5.41, 5.74) is 9.20. The Morgan fingerprint density at radius 1 is 1.05 bits per heavy atom. The highest BCUT2D eigenvalue weighted by molar-refractivity contribution is 5.83. The third-order valence-corrected chi connectivity index (χ3v) is 3.69. The van der Waals surface area contributed by atoms with E-state index in [1.54, 1.807) is 0 Å². The Hall–Kier alpha value is -2.13. The van der Waals surface area contributed by atoms with Crippen molar-refractivity contribution in [2.75, 3.05) is 0 Å². The van der Waals surface area contributed by atoms with Gasteiger partial charge in [0.15, 0.2) is 0 Å². The molecule has 0 aromatic heterocycles. The summed E-state index contributed by atoms with van der Waals surface area (Å²) < 4.78 is 0. The summed E-state index contributed by atoms with van der Waals surface area (Å²) in [6.07, 6.45) is 1.01. The second kappa shape index (κ2) is 7.04. The Bertz CT molecular complexity index is 578. The van der Waals surface area contributed by atoms with Crippen molar-refractivity contribution in [3.63, 3.8) is 0 Å². The van der Waals surface area contributed by atoms with Gasteiger partial charge in [-0.25, -0.2) is 0 Å². The summed E-state index contributed by atoms with van der Waals surface area (Å²) in [5.74, 6) is -0.159. The third kappa shape index (κ3) is 3.92. The zero-order chi connectivity index (χ0) is 15.2. The van der Waals surface area contributed by atoms with Crippen molar-refractivity contribution in [2.24, 2.45) is 5.73 Å². The molecule has 2 aromatic rings. The smallest absolute Gasteiger partial charge is 0.241 e. The summed E-state index contributed by atoms with van der Waals surface area (Å²) in [7, 11) is 0. The number of rotatable bonds is 5. The first-order valence-corrected chi connectivity index (χ1v) is 7.31. The molecule has 2 rings (SSSR count). The maximum Gasteiger partial charge on any atom is 0.241 e. The van der Waals surface area contributed by atoms with Gasteiger partial charge in [-0.1, -0.05) is 61.5 Å². The highest BCUT2D eigenvalue weighted by atomic mass is 16.2. The first kappa shape index (κ1) is 15.3. The lowest BCUT2D eigenvalue weighted by Gasteiger charge is -2.18. The van der Waals surface area contributed by atoms with Gasteiger partial charge in [0, 0.05) is 0 Å². The monoisotopic (exact) mass is 282 g/mol. The van der Waals surface area contributed by atoms with Crippen LogP contribution in [0.25, 0.3) is 0 Å². The van der Waals surface area contributed by atoms with E-state index in [1.165, 1.54) is 5.56 Å². The zero-order valence-corrected chi connectivity index (χ0v) is 12.5. The molecule has 1 amide bonds. The molecule has 0 radical (unpaired) electrons. The quantitative estimate of drug-likeness (QED) is 0.885. The largest absolute Gasteiger partial charge is 0.348 e. The summed E-state index contributed by atoms with van der Waals surface area (Å²) in [6, 6.07) is 17.0. The summed E-state index contributed by atoms with van der Waals surface area (Å²) in [5, 5.41) is 2.97. The SMILES string of the molecule is CCc1ccc(C(C)NC(=O)[C@@H](N)c2ccccc2)cc1. The molecule has 0 bridgehead atoms. The molecule has 3 N–H and O–H groups in total. The van der Waals surface area contributed by atoms with E-state index in [9.17, 15) is 4.79 Å². The Balaban J connectivity index is 2.01. The standard InChI is InChI=1S/C18H22N2O/c1-3-14-9-11-15(12-10-14)13(2)20-18(21)17(19)16-7-5-4-6-8-16/h4-13,17H,3,19H2,1-2H3,(H,20,21)/t13?,17-/m0/s1. The fourth-order valence-corrected chi connectivity index (χ4v) is 2.24. The van der Waals surface area contributed by atoms with Crippen LogP contribution < -0.4 is 11.1 Å². The van der Waals surface area contributed by atoms with Crippen LogP contribution in [0.2, 0.25) is 0 Å². The first-order valence-electron chi connectivity index (χ1n) is 7.31. The fourth-order valence-electron chi connectivity index (χ4n) is 2.24. The maximum absolute atomic E-state index is 12.2. The molecule has 110 valence electrons. The van der Waals surface area contributed by atoms with Gasteiger partial charge in [-0.05, 0) is 30.0 Å². The van der Waals surface area contributed by atoms with E-state index in [0.717, 1.165) is 17.5 Å². The topological polar surface area (TPSA) is 55.1 Å². The minimum absolute atomic E-state index is 0.0573. The molecule has 3 nitrogen and oxygen atoms in total. The van der Waals surface area contributed by atoms with Crippen LogP contribution >= 0.6 is 0 Å². The van der Waals surface area contributed by atoms with Crippen molar-refractivity contribution in [2.45, 2.75) is 32.4 Å². The Morgan fingerprint density at radius 2 is 1.67 bits per heavy atom. The van der Waals surface area contributed by atoms with Gasteiger partial charge in [0.1, 0.15) is 6.04 Å². The van der Waals surface area contributed by atoms with Crippen LogP contribution in [0.4, 0.5) is 0 Å². The van der Waals surface area contributed by atoms with Gasteiger partial charge in [0.25, 0.3) is 0 Å². The number of amides is 1. The van der Waals surface area contributed by atoms with Gasteiger partial charge >= 0.3 is 0 Å². The lowest BCUT2D eigenvalue weighted by atomic mass is 10.0. The maximum atomic E-state index is 12.2. The molecular weight excluding hydrogens is 260 g/mol. The van der Waals surface area contributed by atoms with E-state index in [2.05, 4.69) is 36.5 Å². The predicted octanol–water partition coefficient (Wildman–Crippen LogP) is 3.13. The molecule has 0 fully saturated rings. The van der Waals surface area contributed by atoms with Crippen LogP contribution in [0.5, 0.6) is 0 Å². The third-order valence-electron chi connectivity index (χ3n) is 3.69. The number of carbonyl (C=O) groups excluding carboxylic acids is 1. The van der Waals surface area contributed by atoms with Crippen molar-refractivity contribution in [1.82, 2.24) is 5.32 Å². The number of nitrogens with one attached hydrogen (secondary N) is 1. The van der Waals surface area contributed by atoms with E-state index in [-0.39, 0.29) is 11.9 Å². The molecule has 0 spiro atoms. The lowest BCUT2D eigenvalue weighted by molar-refractivity contribution is -0.123. The van der Waals surface area contributed by atoms with E-state index in [1.807, 2.05) is 37.3 Å². The second-order valence-corrected chi connectivity index (χ2v) is 5.21. The lowest BCUT2D eigenvalue weighted by Crippen LogP contribution is -2.35. The van der Waals surface area contributed by atoms with E-state index in [4.69, 9.17) is 5.73 Å². The average Bonchev–Trinajstić information content (AvgIpc) is 2.55. The molecule has 2 atom stereocenters. The molecule has 3 heteroatoms. The molecule has 0 aliphatic heterocycles. The van der Waals surface area contributed by atoms with Crippen LogP contribution in [0.15, 0.2) is 54.6 Å². The van der Waals surface area contributed by atoms with Crippen LogP contribution in [-0.2, 0) is 11.2 Å². The van der Waals surface area contributed by atoms with Crippen LogP contribution in [0.3, 0.4) is 0 Å². The number of hydrogen-bond donors (Lipinski definition) is 2. The highest BCUT2D eigenvalue weighted by Crippen LogP contribution is 2.16. The number of benzene rings is 2. The van der Waals surface area contributed by atoms with Crippen molar-refractivity contribution >= 4 is 5.91 Å². The number of carbonyl (C=O) groups is 1. The van der Waals surface area contributed by atoms with E-state index >= 15 is 0 Å². The molecule has 0 saturated carbocycles. The van der Waals surface area contributed by atoms with Crippen LogP contribution in [0.1, 0.15) is 42.6 Å². The Labute approximate surface area is 126 Å². The molecule has 2 aromatic carbocycles. The Kier molecular flexibility index (Phi) is 5.12. The summed E-state index contributed by atoms with van der Waals surface area (Å²) in [6.45, 7) is 4.09. The number of hydrogen-bond acceptors (Lipinski definition) is 2. The fraction of sp³-hybridized carbons (Fsp3) is 0.278. The minimum atomic E-state index is -0.636. The van der Waals surface area contributed by atoms with Gasteiger partial charge in [0.05, 0.1) is 6.04 Å². The van der Waals surface area contributed by atoms with Crippen molar-refractivity contribution in [3.05, 3.63) is 71.3 Å². The summed E-state index contributed by atoms with van der Waals surface area (Å²) >= 11 is 0. The summed E-state index contributed by atoms with van der Waals surface area (Å²) in [4.78, 5) is 12.2. The number of aryl methyl sites for hydroxylation is 1. The molecule has 0 heterocycles. The van der Waals surface area contributed by atoms with Gasteiger partial charge in [-0.2, -0.15) is 0 Å². The van der Waals surface area contributed by atoms with Gasteiger partial charge in [-0.15, -0.1) is 0 Å². The Morgan fingerprint density at radius 3 is 2.24 bits per heavy atom. The first-order chi connectivity index (χ1) is 10.1. The van der Waals surface area contributed by atoms with Crippen molar-refractivity contribution in [3.8, 4) is 0 Å². The number of nitrogens with two attached hydrogens (primary N) is 1. The molecular formula is C18H22N2O. The minimum Gasteiger partial charge on any atom is -0.348 e. The highest BCUT2D eigenvalue weighted by Gasteiger charge is 2.17. The molecule has 1 unspecified atom stereocenters. The van der Waals surface area contributed by atoms with Gasteiger partial charge < -0.3 is 11.1 Å². The van der Waals surface area contributed by atoms with E-state index in [0.29, 0.717) is 0 Å². The van der Waals surface area contributed by atoms with E-state index < -0.39 is 6.04 Å². The van der Waals surface area contributed by atoms with Gasteiger partial charge in [-0.3, -0.25) is 4.79 Å². The van der Waals surface area contributed by atoms with Crippen LogP contribution in [0, 0.1) is 0 Å². The predicted molar refractivity (Wildman–Crippen MR) is 85.7 cm³/mol. The van der Waals surface area contributed by atoms with Crippen LogP contribution in [-0.4, -0.2) is 5.91 Å². The average molecular weight is 282 g/mol. The van der Waals surface area contributed by atoms with Crippen molar-refractivity contribution in [1.29, 1.82) is 0 Å². The van der Waals surface area contributed by atoms with Crippen molar-refractivity contribution < 1.29 is 4.79 Å². The van der Waals surface area contributed by atoms with Gasteiger partial charge in [0.2, 0.25) is 5.91 Å². The molecule has 21 heavy (non-hydrogen) atoms. The zero-order valence-electron chi connectivity index (χ0n) is 12.5. The second-order valence-electron chi connectivity index (χ2n) is 5.21. The molecule has 0 aliphatic rings.